The van der Waals surface area contributed by atoms with Crippen LogP contribution < -0.4 is 5.32 Å². The summed E-state index contributed by atoms with van der Waals surface area (Å²) in [5, 5.41) is 20.8. The van der Waals surface area contributed by atoms with E-state index >= 15 is 0 Å². The van der Waals surface area contributed by atoms with Gasteiger partial charge in [-0.05, 0) is 0 Å². The Balaban J connectivity index is 2.02. The molecule has 25 heavy (non-hydrogen) atoms. The monoisotopic (exact) mass is 337 g/mol. The van der Waals surface area contributed by atoms with Crippen LogP contribution in [0.2, 0.25) is 0 Å². The molecule has 6 heteroatoms. The second kappa shape index (κ2) is 6.88. The molecule has 6 nitrogen and oxygen atoms in total. The molecule has 0 spiro atoms. The first-order valence-corrected chi connectivity index (χ1v) is 7.86. The van der Waals surface area contributed by atoms with E-state index in [4.69, 9.17) is 0 Å². The van der Waals surface area contributed by atoms with E-state index in [2.05, 4.69) is 10.3 Å². The largest absolute Gasteiger partial charge is 0.349 e. The fourth-order valence-electron chi connectivity index (χ4n) is 2.67. The number of carbonyl (C=O) groups excluding carboxylic acids is 1. The smallest absolute Gasteiger partial charge is 0.244 e. The van der Waals surface area contributed by atoms with Crippen LogP contribution in [0.3, 0.4) is 0 Å². The molecule has 1 amide bonds. The highest BCUT2D eigenvalue weighted by Crippen LogP contribution is 2.30. The van der Waals surface area contributed by atoms with Crippen LogP contribution in [-0.2, 0) is 11.3 Å². The molecule has 0 aliphatic carbocycles. The topological polar surface area (TPSA) is 87.4 Å². The number of imidazole rings is 1. The molecular formula is C19H19N3O3. The summed E-state index contributed by atoms with van der Waals surface area (Å²) in [6.07, 6.45) is 1.58. The van der Waals surface area contributed by atoms with Gasteiger partial charge in [0.15, 0.2) is 0 Å². The van der Waals surface area contributed by atoms with Gasteiger partial charge >= 0.3 is 0 Å². The average molecular weight is 337 g/mol. The van der Waals surface area contributed by atoms with Crippen molar-refractivity contribution in [2.75, 3.05) is 0 Å². The Morgan fingerprint density at radius 3 is 2.16 bits per heavy atom. The van der Waals surface area contributed by atoms with Crippen molar-refractivity contribution >= 4 is 5.91 Å². The highest BCUT2D eigenvalue weighted by Gasteiger charge is 2.21. The number of carbonyl (C=O) groups is 1. The second-order valence-electron chi connectivity index (χ2n) is 5.87. The van der Waals surface area contributed by atoms with E-state index in [0.717, 1.165) is 29.4 Å². The summed E-state index contributed by atoms with van der Waals surface area (Å²) in [4.78, 5) is 16.5. The maximum absolute atomic E-state index is 12.1. The first-order chi connectivity index (χ1) is 11.9. The lowest BCUT2D eigenvalue weighted by Crippen LogP contribution is -2.46. The van der Waals surface area contributed by atoms with Gasteiger partial charge in [0.05, 0.1) is 17.7 Å². The quantitative estimate of drug-likeness (QED) is 0.621. The minimum absolute atomic E-state index is 0.0826. The summed E-state index contributed by atoms with van der Waals surface area (Å²) < 4.78 is 1.69. The van der Waals surface area contributed by atoms with E-state index in [1.807, 2.05) is 60.7 Å². The molecule has 3 rings (SSSR count). The molecule has 1 heterocycles. The Morgan fingerprint density at radius 2 is 1.60 bits per heavy atom. The van der Waals surface area contributed by atoms with Crippen LogP contribution >= 0.6 is 0 Å². The van der Waals surface area contributed by atoms with E-state index in [-0.39, 0.29) is 6.54 Å². The lowest BCUT2D eigenvalue weighted by atomic mass is 10.0. The summed E-state index contributed by atoms with van der Waals surface area (Å²) in [5.41, 5.74) is 3.41. The Morgan fingerprint density at radius 1 is 1.04 bits per heavy atom. The van der Waals surface area contributed by atoms with E-state index in [0.29, 0.717) is 0 Å². The number of hydrogen-bond acceptors (Lipinski definition) is 4. The summed E-state index contributed by atoms with van der Waals surface area (Å²) in [7, 11) is 0. The fraction of sp³-hybridized carbons (Fsp3) is 0.158. The normalized spacial score (nSPS) is 11.3. The summed E-state index contributed by atoms with van der Waals surface area (Å²) in [6, 6.07) is 19.3. The number of nitrogens with zero attached hydrogens (tertiary/aromatic N) is 2. The van der Waals surface area contributed by atoms with Crippen molar-refractivity contribution in [3.8, 4) is 22.5 Å². The molecule has 3 aromatic rings. The first-order valence-electron chi connectivity index (χ1n) is 7.86. The number of nitrogens with one attached hydrogen (secondary N) is 1. The predicted molar refractivity (Wildman–Crippen MR) is 94.1 cm³/mol. The number of rotatable bonds is 5. The molecule has 0 aliphatic heterocycles. The highest BCUT2D eigenvalue weighted by molar-refractivity contribution is 5.81. The van der Waals surface area contributed by atoms with Crippen molar-refractivity contribution in [2.24, 2.45) is 0 Å². The van der Waals surface area contributed by atoms with Gasteiger partial charge in [-0.15, -0.1) is 0 Å². The lowest BCUT2D eigenvalue weighted by Gasteiger charge is -2.18. The van der Waals surface area contributed by atoms with Gasteiger partial charge in [-0.3, -0.25) is 4.79 Å². The second-order valence-corrected chi connectivity index (χ2v) is 5.87. The number of amides is 1. The van der Waals surface area contributed by atoms with Gasteiger partial charge in [0.2, 0.25) is 11.8 Å². The average Bonchev–Trinajstić information content (AvgIpc) is 2.98. The minimum atomic E-state index is -2.26. The highest BCUT2D eigenvalue weighted by atomic mass is 16.5. The van der Waals surface area contributed by atoms with E-state index < -0.39 is 11.8 Å². The molecule has 2 aromatic carbocycles. The molecule has 0 radical (unpaired) electrons. The summed E-state index contributed by atoms with van der Waals surface area (Å²) in [6.45, 7) is 1.01. The zero-order valence-corrected chi connectivity index (χ0v) is 13.8. The SMILES string of the molecule is CC(O)(O)NC(=O)Cn1cnc(-c2ccccc2)c1-c1ccccc1. The molecule has 0 fully saturated rings. The van der Waals surface area contributed by atoms with E-state index in [1.54, 1.807) is 10.9 Å². The third kappa shape index (κ3) is 4.12. The molecule has 0 aliphatic rings. The van der Waals surface area contributed by atoms with Crippen LogP contribution in [0.5, 0.6) is 0 Å². The molecule has 1 aromatic heterocycles. The molecular weight excluding hydrogens is 318 g/mol. The first kappa shape index (κ1) is 16.9. The third-order valence-corrected chi connectivity index (χ3v) is 3.62. The van der Waals surface area contributed by atoms with Crippen LogP contribution in [0.4, 0.5) is 0 Å². The van der Waals surface area contributed by atoms with Gasteiger partial charge in [0.1, 0.15) is 6.54 Å². The van der Waals surface area contributed by atoms with Crippen LogP contribution in [0.25, 0.3) is 22.5 Å². The van der Waals surface area contributed by atoms with Gasteiger partial charge in [0, 0.05) is 18.1 Å². The van der Waals surface area contributed by atoms with Crippen LogP contribution in [0, 0.1) is 0 Å². The minimum Gasteiger partial charge on any atom is -0.349 e. The van der Waals surface area contributed by atoms with Gasteiger partial charge in [0.25, 0.3) is 0 Å². The summed E-state index contributed by atoms with van der Waals surface area (Å²) >= 11 is 0. The van der Waals surface area contributed by atoms with Gasteiger partial charge in [-0.1, -0.05) is 60.7 Å². The lowest BCUT2D eigenvalue weighted by molar-refractivity contribution is -0.177. The molecule has 0 saturated carbocycles. The van der Waals surface area contributed by atoms with Crippen molar-refractivity contribution in [3.63, 3.8) is 0 Å². The van der Waals surface area contributed by atoms with Crippen molar-refractivity contribution in [3.05, 3.63) is 67.0 Å². The van der Waals surface area contributed by atoms with Crippen molar-refractivity contribution < 1.29 is 15.0 Å². The molecule has 3 N–H and O–H groups in total. The third-order valence-electron chi connectivity index (χ3n) is 3.62. The summed E-state index contributed by atoms with van der Waals surface area (Å²) in [5.74, 6) is -2.78. The zero-order valence-electron chi connectivity index (χ0n) is 13.8. The Labute approximate surface area is 145 Å². The number of hydrogen-bond donors (Lipinski definition) is 3. The van der Waals surface area contributed by atoms with Crippen molar-refractivity contribution in [2.45, 2.75) is 19.4 Å². The maximum Gasteiger partial charge on any atom is 0.244 e. The van der Waals surface area contributed by atoms with Gasteiger partial charge in [-0.2, -0.15) is 0 Å². The molecule has 0 bridgehead atoms. The van der Waals surface area contributed by atoms with Gasteiger partial charge in [-0.25, -0.2) is 4.98 Å². The van der Waals surface area contributed by atoms with E-state index in [9.17, 15) is 15.0 Å². The number of aliphatic hydroxyl groups is 2. The number of aromatic nitrogens is 2. The van der Waals surface area contributed by atoms with E-state index in [1.165, 1.54) is 0 Å². The molecule has 0 unspecified atom stereocenters. The standard InChI is InChI=1S/C19H19N3O3/c1-19(24,25)21-16(23)12-22-13-20-17(14-8-4-2-5-9-14)18(22)15-10-6-3-7-11-15/h2-11,13,24-25H,12H2,1H3,(H,21,23). The van der Waals surface area contributed by atoms with Crippen LogP contribution in [0.1, 0.15) is 6.92 Å². The number of benzene rings is 2. The Kier molecular flexibility index (Phi) is 4.65. The zero-order chi connectivity index (χ0) is 17.9. The molecule has 128 valence electrons. The Bertz CT molecular complexity index is 853. The molecule has 0 atom stereocenters. The maximum atomic E-state index is 12.1. The van der Waals surface area contributed by atoms with Crippen LogP contribution in [-0.4, -0.2) is 31.6 Å². The predicted octanol–water partition coefficient (Wildman–Crippen LogP) is 1.99. The fourth-order valence-corrected chi connectivity index (χ4v) is 2.67. The van der Waals surface area contributed by atoms with Crippen LogP contribution in [0.15, 0.2) is 67.0 Å². The molecule has 0 saturated heterocycles. The Hall–Kier alpha value is -2.96. The van der Waals surface area contributed by atoms with Gasteiger partial charge < -0.3 is 20.1 Å². The van der Waals surface area contributed by atoms with Crippen molar-refractivity contribution in [1.29, 1.82) is 0 Å². The van der Waals surface area contributed by atoms with Crippen molar-refractivity contribution in [1.82, 2.24) is 14.9 Å².